The van der Waals surface area contributed by atoms with Crippen molar-refractivity contribution in [1.29, 1.82) is 0 Å². The molecule has 0 unspecified atom stereocenters. The molecular weight excluding hydrogens is 407 g/mol. The first-order valence-electron chi connectivity index (χ1n) is 9.55. The van der Waals surface area contributed by atoms with Crippen LogP contribution >= 0.6 is 0 Å². The van der Waals surface area contributed by atoms with Crippen LogP contribution in [0.15, 0.2) is 60.7 Å². The molecule has 0 nitrogen and oxygen atoms in total. The van der Waals surface area contributed by atoms with E-state index in [1.807, 2.05) is 6.92 Å². The molecule has 0 saturated heterocycles. The van der Waals surface area contributed by atoms with Crippen LogP contribution in [0, 0.1) is 40.9 Å². The van der Waals surface area contributed by atoms with Gasteiger partial charge in [0.1, 0.15) is 11.6 Å². The lowest BCUT2D eigenvalue weighted by Crippen LogP contribution is -1.92. The molecule has 4 rings (SSSR count). The normalized spacial score (nSPS) is 10.8. The van der Waals surface area contributed by atoms with Gasteiger partial charge in [-0.05, 0) is 59.3 Å². The molecule has 0 saturated carbocycles. The third-order valence-electron chi connectivity index (χ3n) is 5.04. The third-order valence-corrected chi connectivity index (χ3v) is 5.04. The lowest BCUT2D eigenvalue weighted by molar-refractivity contribution is 0.453. The molecule has 0 aliphatic rings. The molecular formula is C26H15F5. The SMILES string of the molecule is CCc1ccc(-c2ccc(C#Cc3ccc4c(F)c(F)c(F)cc4c3)c(F)c2)c(F)c1. The van der Waals surface area contributed by atoms with E-state index >= 15 is 0 Å². The molecule has 0 atom stereocenters. The van der Waals surface area contributed by atoms with Crippen molar-refractivity contribution < 1.29 is 22.0 Å². The topological polar surface area (TPSA) is 0 Å². The van der Waals surface area contributed by atoms with E-state index < -0.39 is 29.1 Å². The van der Waals surface area contributed by atoms with Gasteiger partial charge in [0.25, 0.3) is 0 Å². The second-order valence-corrected chi connectivity index (χ2v) is 7.03. The second-order valence-electron chi connectivity index (χ2n) is 7.03. The molecule has 4 aromatic carbocycles. The minimum absolute atomic E-state index is 0.0731. The van der Waals surface area contributed by atoms with Gasteiger partial charge in [-0.1, -0.05) is 43.0 Å². The smallest absolute Gasteiger partial charge is 0.195 e. The van der Waals surface area contributed by atoms with Gasteiger partial charge in [-0.25, -0.2) is 22.0 Å². The Hall–Kier alpha value is -3.65. The summed E-state index contributed by atoms with van der Waals surface area (Å²) in [5, 5.41) is 0.0705. The van der Waals surface area contributed by atoms with Gasteiger partial charge in [0.15, 0.2) is 17.5 Å². The standard InChI is InChI=1S/C26H15F5/c1-2-15-4-9-20(23(28)12-15)18-8-7-17(22(27)13-18)6-3-16-5-10-21-19(11-16)14-24(29)26(31)25(21)30/h4-5,7-14H,2H2,1H3. The summed E-state index contributed by atoms with van der Waals surface area (Å²) >= 11 is 0. The maximum atomic E-state index is 14.6. The zero-order chi connectivity index (χ0) is 22.1. The predicted octanol–water partition coefficient (Wildman–Crippen LogP) is 7.16. The Morgan fingerprint density at radius 3 is 2.19 bits per heavy atom. The molecule has 0 fully saturated rings. The van der Waals surface area contributed by atoms with Crippen LogP contribution in [0.3, 0.4) is 0 Å². The van der Waals surface area contributed by atoms with E-state index in [-0.39, 0.29) is 16.3 Å². The fourth-order valence-corrected chi connectivity index (χ4v) is 3.32. The Labute approximate surface area is 176 Å². The molecule has 0 aromatic heterocycles. The fraction of sp³-hybridized carbons (Fsp3) is 0.0769. The summed E-state index contributed by atoms with van der Waals surface area (Å²) in [5.41, 5.74) is 2.00. The minimum atomic E-state index is -1.53. The van der Waals surface area contributed by atoms with Crippen molar-refractivity contribution in [3.05, 3.63) is 106 Å². The van der Waals surface area contributed by atoms with Gasteiger partial charge in [0.2, 0.25) is 0 Å². The number of benzene rings is 4. The highest BCUT2D eigenvalue weighted by atomic mass is 19.2. The van der Waals surface area contributed by atoms with Crippen molar-refractivity contribution in [3.63, 3.8) is 0 Å². The maximum absolute atomic E-state index is 14.6. The van der Waals surface area contributed by atoms with Gasteiger partial charge >= 0.3 is 0 Å². The molecule has 31 heavy (non-hydrogen) atoms. The Morgan fingerprint density at radius 2 is 1.48 bits per heavy atom. The Bertz CT molecular complexity index is 1380. The van der Waals surface area contributed by atoms with Gasteiger partial charge in [-0.3, -0.25) is 0 Å². The molecule has 0 spiro atoms. The van der Waals surface area contributed by atoms with E-state index in [0.717, 1.165) is 11.6 Å². The van der Waals surface area contributed by atoms with Crippen molar-refractivity contribution >= 4 is 10.8 Å². The Balaban J connectivity index is 1.66. The number of hydrogen-bond donors (Lipinski definition) is 0. The summed E-state index contributed by atoms with van der Waals surface area (Å²) in [5.74, 6) is 0.252. The van der Waals surface area contributed by atoms with Crippen LogP contribution in [0.25, 0.3) is 21.9 Å². The van der Waals surface area contributed by atoms with Crippen LogP contribution in [0.2, 0.25) is 0 Å². The van der Waals surface area contributed by atoms with Crippen LogP contribution in [0.1, 0.15) is 23.6 Å². The molecule has 0 N–H and O–H groups in total. The first kappa shape index (κ1) is 20.6. The van der Waals surface area contributed by atoms with Crippen LogP contribution in [-0.2, 0) is 6.42 Å². The molecule has 0 radical (unpaired) electrons. The maximum Gasteiger partial charge on any atom is 0.195 e. The second kappa shape index (κ2) is 8.23. The van der Waals surface area contributed by atoms with E-state index in [9.17, 15) is 22.0 Å². The predicted molar refractivity (Wildman–Crippen MR) is 111 cm³/mol. The highest BCUT2D eigenvalue weighted by Gasteiger charge is 2.13. The Kier molecular flexibility index (Phi) is 5.48. The van der Waals surface area contributed by atoms with Gasteiger partial charge in [0, 0.05) is 16.5 Å². The van der Waals surface area contributed by atoms with Gasteiger partial charge in [-0.2, -0.15) is 0 Å². The summed E-state index contributed by atoms with van der Waals surface area (Å²) in [7, 11) is 0. The molecule has 4 aromatic rings. The minimum Gasteiger partial charge on any atom is -0.206 e. The van der Waals surface area contributed by atoms with E-state index in [1.54, 1.807) is 18.2 Å². The Morgan fingerprint density at radius 1 is 0.677 bits per heavy atom. The zero-order valence-electron chi connectivity index (χ0n) is 16.4. The van der Waals surface area contributed by atoms with Crippen LogP contribution in [0.5, 0.6) is 0 Å². The van der Waals surface area contributed by atoms with Gasteiger partial charge < -0.3 is 0 Å². The van der Waals surface area contributed by atoms with E-state index in [1.165, 1.54) is 36.4 Å². The van der Waals surface area contributed by atoms with E-state index in [4.69, 9.17) is 0 Å². The number of fused-ring (bicyclic) bond motifs is 1. The summed E-state index contributed by atoms with van der Waals surface area (Å²) < 4.78 is 69.5. The first-order valence-corrected chi connectivity index (χ1v) is 9.55. The van der Waals surface area contributed by atoms with Crippen molar-refractivity contribution in [2.75, 3.05) is 0 Å². The average molecular weight is 422 g/mol. The van der Waals surface area contributed by atoms with Crippen LogP contribution < -0.4 is 0 Å². The highest BCUT2D eigenvalue weighted by molar-refractivity contribution is 5.84. The quantitative estimate of drug-likeness (QED) is 0.183. The molecule has 0 aliphatic carbocycles. The zero-order valence-corrected chi connectivity index (χ0v) is 16.4. The van der Waals surface area contributed by atoms with Crippen LogP contribution in [-0.4, -0.2) is 0 Å². The van der Waals surface area contributed by atoms with E-state index in [2.05, 4.69) is 11.8 Å². The summed E-state index contributed by atoms with van der Waals surface area (Å²) in [4.78, 5) is 0. The number of halogens is 5. The average Bonchev–Trinajstić information content (AvgIpc) is 2.76. The lowest BCUT2D eigenvalue weighted by atomic mass is 10.0. The van der Waals surface area contributed by atoms with Crippen molar-refractivity contribution in [3.8, 4) is 23.0 Å². The highest BCUT2D eigenvalue weighted by Crippen LogP contribution is 2.26. The first-order chi connectivity index (χ1) is 14.9. The molecule has 0 amide bonds. The summed E-state index contributed by atoms with van der Waals surface area (Å²) in [6.45, 7) is 1.92. The van der Waals surface area contributed by atoms with E-state index in [0.29, 0.717) is 23.1 Å². The molecule has 0 aliphatic heterocycles. The van der Waals surface area contributed by atoms with Gasteiger partial charge in [-0.15, -0.1) is 0 Å². The lowest BCUT2D eigenvalue weighted by Gasteiger charge is -2.06. The monoisotopic (exact) mass is 422 g/mol. The largest absolute Gasteiger partial charge is 0.206 e. The van der Waals surface area contributed by atoms with Crippen molar-refractivity contribution in [1.82, 2.24) is 0 Å². The number of aryl methyl sites for hydroxylation is 1. The molecule has 0 heterocycles. The number of hydrogen-bond acceptors (Lipinski definition) is 0. The van der Waals surface area contributed by atoms with Crippen molar-refractivity contribution in [2.45, 2.75) is 13.3 Å². The van der Waals surface area contributed by atoms with Crippen molar-refractivity contribution in [2.24, 2.45) is 0 Å². The van der Waals surface area contributed by atoms with Gasteiger partial charge in [0.05, 0.1) is 5.56 Å². The fourth-order valence-electron chi connectivity index (χ4n) is 3.32. The molecule has 0 bridgehead atoms. The third kappa shape index (κ3) is 4.02. The summed E-state index contributed by atoms with van der Waals surface area (Å²) in [6.07, 6.45) is 0.698. The number of rotatable bonds is 2. The summed E-state index contributed by atoms with van der Waals surface area (Å²) in [6, 6.07) is 14.1. The molecule has 5 heteroatoms. The molecule has 154 valence electrons. The van der Waals surface area contributed by atoms with Crippen LogP contribution in [0.4, 0.5) is 22.0 Å².